The summed E-state index contributed by atoms with van der Waals surface area (Å²) in [5.41, 5.74) is 2.79. The number of amides is 1. The van der Waals surface area contributed by atoms with Gasteiger partial charge in [0.25, 0.3) is 5.91 Å². The summed E-state index contributed by atoms with van der Waals surface area (Å²) in [6, 6.07) is 8.94. The van der Waals surface area contributed by atoms with Gasteiger partial charge >= 0.3 is 0 Å². The van der Waals surface area contributed by atoms with E-state index >= 15 is 0 Å². The van der Waals surface area contributed by atoms with E-state index in [1.165, 1.54) is 48.3 Å². The average Bonchev–Trinajstić information content (AvgIpc) is 2.75. The van der Waals surface area contributed by atoms with Gasteiger partial charge in [-0.15, -0.1) is 0 Å². The summed E-state index contributed by atoms with van der Waals surface area (Å²) >= 11 is 7.56. The Kier molecular flexibility index (Phi) is 7.92. The molecule has 1 saturated heterocycles. The third-order valence-corrected chi connectivity index (χ3v) is 6.23. The Morgan fingerprint density at radius 2 is 1.83 bits per heavy atom. The van der Waals surface area contributed by atoms with Gasteiger partial charge in [-0.1, -0.05) is 67.9 Å². The Hall–Kier alpha value is -1.63. The summed E-state index contributed by atoms with van der Waals surface area (Å²) in [6.07, 6.45) is 7.03. The average molecular weight is 433 g/mol. The quantitative estimate of drug-likeness (QED) is 0.496. The molecule has 29 heavy (non-hydrogen) atoms. The van der Waals surface area contributed by atoms with Crippen molar-refractivity contribution < 1.29 is 4.79 Å². The number of nitrogens with one attached hydrogen (secondary N) is 1. The number of rotatable bonds is 7. The molecule has 2 aromatic rings. The van der Waals surface area contributed by atoms with Crippen LogP contribution in [-0.2, 0) is 0 Å². The van der Waals surface area contributed by atoms with Gasteiger partial charge in [0, 0.05) is 6.54 Å². The second-order valence-corrected chi connectivity index (χ2v) is 8.88. The first-order chi connectivity index (χ1) is 14.0. The minimum absolute atomic E-state index is 0.140. The molecule has 1 aliphatic heterocycles. The molecule has 0 spiro atoms. The first-order valence-electron chi connectivity index (χ1n) is 10.2. The van der Waals surface area contributed by atoms with Gasteiger partial charge in [0.2, 0.25) is 0 Å². The van der Waals surface area contributed by atoms with Crippen LogP contribution >= 0.6 is 23.4 Å². The summed E-state index contributed by atoms with van der Waals surface area (Å²) in [6.45, 7) is 7.03. The summed E-state index contributed by atoms with van der Waals surface area (Å²) in [5, 5.41) is 3.87. The molecule has 1 aliphatic rings. The second kappa shape index (κ2) is 10.4. The molecule has 2 heterocycles. The summed E-state index contributed by atoms with van der Waals surface area (Å²) in [7, 11) is 0. The Morgan fingerprint density at radius 1 is 1.17 bits per heavy atom. The van der Waals surface area contributed by atoms with Crippen molar-refractivity contribution in [2.75, 3.05) is 25.9 Å². The van der Waals surface area contributed by atoms with E-state index < -0.39 is 0 Å². The molecular formula is C22H29ClN4OS. The maximum atomic E-state index is 12.8. The number of aromatic nitrogens is 2. The van der Waals surface area contributed by atoms with Crippen LogP contribution in [0.15, 0.2) is 35.6 Å². The number of halogens is 1. The van der Waals surface area contributed by atoms with Crippen molar-refractivity contribution in [2.24, 2.45) is 0 Å². The second-order valence-electron chi connectivity index (χ2n) is 7.70. The van der Waals surface area contributed by atoms with Crippen molar-refractivity contribution in [3.63, 3.8) is 0 Å². The van der Waals surface area contributed by atoms with Crippen molar-refractivity contribution in [3.8, 4) is 0 Å². The van der Waals surface area contributed by atoms with Gasteiger partial charge in [-0.05, 0) is 49.2 Å². The highest BCUT2D eigenvalue weighted by Crippen LogP contribution is 2.26. The molecule has 0 unspecified atom stereocenters. The van der Waals surface area contributed by atoms with Crippen LogP contribution in [0.3, 0.4) is 0 Å². The third kappa shape index (κ3) is 5.71. The molecule has 1 N–H and O–H groups in total. The van der Waals surface area contributed by atoms with E-state index in [9.17, 15) is 4.79 Å². The van der Waals surface area contributed by atoms with Gasteiger partial charge < -0.3 is 5.32 Å². The molecule has 156 valence electrons. The Morgan fingerprint density at radius 3 is 2.45 bits per heavy atom. The molecule has 0 aliphatic carbocycles. The van der Waals surface area contributed by atoms with Crippen LogP contribution in [-0.4, -0.2) is 46.7 Å². The van der Waals surface area contributed by atoms with E-state index in [4.69, 9.17) is 11.6 Å². The zero-order valence-corrected chi connectivity index (χ0v) is 18.9. The van der Waals surface area contributed by atoms with Crippen LogP contribution in [0.1, 0.15) is 66.7 Å². The minimum atomic E-state index is -0.256. The maximum absolute atomic E-state index is 12.8. The standard InChI is InChI=1S/C22H29ClN4OS/c1-15(2)16-7-9-17(10-8-16)19(27-11-5-4-6-12-27)14-24-21(28)20-18(23)13-25-22(26-20)29-3/h7-10,13,15,19H,4-6,11-12,14H2,1-3H3,(H,24,28)/t19-/m0/s1. The van der Waals surface area contributed by atoms with E-state index in [1.54, 1.807) is 0 Å². The molecule has 1 atom stereocenters. The fourth-order valence-corrected chi connectivity index (χ4v) is 4.19. The highest BCUT2D eigenvalue weighted by molar-refractivity contribution is 7.98. The number of carbonyl (C=O) groups excluding carboxylic acids is 1. The van der Waals surface area contributed by atoms with Crippen molar-refractivity contribution >= 4 is 29.3 Å². The molecule has 1 aromatic heterocycles. The van der Waals surface area contributed by atoms with E-state index in [0.29, 0.717) is 17.6 Å². The van der Waals surface area contributed by atoms with Gasteiger partial charge in [0.05, 0.1) is 17.3 Å². The first kappa shape index (κ1) is 22.1. The van der Waals surface area contributed by atoms with Gasteiger partial charge in [-0.25, -0.2) is 9.97 Å². The molecule has 0 radical (unpaired) electrons. The van der Waals surface area contributed by atoms with Crippen LogP contribution < -0.4 is 5.32 Å². The monoisotopic (exact) mass is 432 g/mol. The van der Waals surface area contributed by atoms with Gasteiger partial charge in [0.15, 0.2) is 10.9 Å². The normalized spacial score (nSPS) is 16.0. The molecule has 0 bridgehead atoms. The van der Waals surface area contributed by atoms with E-state index in [0.717, 1.165) is 13.1 Å². The van der Waals surface area contributed by atoms with Gasteiger partial charge in [0.1, 0.15) is 0 Å². The van der Waals surface area contributed by atoms with Crippen molar-refractivity contribution in [1.29, 1.82) is 0 Å². The van der Waals surface area contributed by atoms with Crippen LogP contribution in [0.2, 0.25) is 5.02 Å². The van der Waals surface area contributed by atoms with Gasteiger partial charge in [-0.3, -0.25) is 9.69 Å². The zero-order valence-electron chi connectivity index (χ0n) is 17.3. The van der Waals surface area contributed by atoms with Gasteiger partial charge in [-0.2, -0.15) is 0 Å². The topological polar surface area (TPSA) is 58.1 Å². The number of thioether (sulfide) groups is 1. The van der Waals surface area contributed by atoms with Crippen molar-refractivity contribution in [1.82, 2.24) is 20.2 Å². The number of piperidine rings is 1. The highest BCUT2D eigenvalue weighted by atomic mass is 35.5. The number of hydrogen-bond acceptors (Lipinski definition) is 5. The van der Waals surface area contributed by atoms with E-state index in [1.807, 2.05) is 6.26 Å². The predicted molar refractivity (Wildman–Crippen MR) is 120 cm³/mol. The zero-order chi connectivity index (χ0) is 20.8. The lowest BCUT2D eigenvalue weighted by atomic mass is 9.97. The smallest absolute Gasteiger partial charge is 0.271 e. The molecule has 7 heteroatoms. The summed E-state index contributed by atoms with van der Waals surface area (Å²) in [4.78, 5) is 23.6. The molecule has 1 aromatic carbocycles. The molecule has 5 nitrogen and oxygen atoms in total. The maximum Gasteiger partial charge on any atom is 0.271 e. The summed E-state index contributed by atoms with van der Waals surface area (Å²) in [5.74, 6) is 0.247. The first-order valence-corrected chi connectivity index (χ1v) is 11.8. The molecule has 1 amide bonds. The van der Waals surface area contributed by atoms with Crippen LogP contribution in [0.25, 0.3) is 0 Å². The predicted octanol–water partition coefficient (Wildman–Crippen LogP) is 4.93. The Labute approximate surface area is 182 Å². The number of hydrogen-bond donors (Lipinski definition) is 1. The fourth-order valence-electron chi connectivity index (χ4n) is 3.67. The number of benzene rings is 1. The van der Waals surface area contributed by atoms with Crippen LogP contribution in [0, 0.1) is 0 Å². The van der Waals surface area contributed by atoms with E-state index in [2.05, 4.69) is 58.3 Å². The molecule has 1 fully saturated rings. The largest absolute Gasteiger partial charge is 0.349 e. The number of nitrogens with zero attached hydrogens (tertiary/aromatic N) is 3. The minimum Gasteiger partial charge on any atom is -0.349 e. The Balaban J connectivity index is 1.77. The van der Waals surface area contributed by atoms with Crippen LogP contribution in [0.5, 0.6) is 0 Å². The van der Waals surface area contributed by atoms with Crippen LogP contribution in [0.4, 0.5) is 0 Å². The summed E-state index contributed by atoms with van der Waals surface area (Å²) < 4.78 is 0. The Bertz CT molecular complexity index is 822. The molecule has 3 rings (SSSR count). The van der Waals surface area contributed by atoms with E-state index in [-0.39, 0.29) is 22.7 Å². The van der Waals surface area contributed by atoms with Crippen molar-refractivity contribution in [2.45, 2.75) is 50.2 Å². The molecular weight excluding hydrogens is 404 g/mol. The lowest BCUT2D eigenvalue weighted by molar-refractivity contribution is 0.0918. The number of likely N-dealkylation sites (tertiary alicyclic amines) is 1. The lowest BCUT2D eigenvalue weighted by Crippen LogP contribution is -2.40. The fraction of sp³-hybridized carbons (Fsp3) is 0.500. The van der Waals surface area contributed by atoms with Crippen molar-refractivity contribution in [3.05, 3.63) is 52.3 Å². The lowest BCUT2D eigenvalue weighted by Gasteiger charge is -2.35. The molecule has 0 saturated carbocycles. The number of carbonyl (C=O) groups is 1. The SMILES string of the molecule is CSc1ncc(Cl)c(C(=O)NC[C@@H](c2ccc(C(C)C)cc2)N2CCCCC2)n1. The highest BCUT2D eigenvalue weighted by Gasteiger charge is 2.24. The third-order valence-electron chi connectivity index (χ3n) is 5.39.